The molecule has 0 bridgehead atoms. The lowest BCUT2D eigenvalue weighted by Gasteiger charge is -2.08. The summed E-state index contributed by atoms with van der Waals surface area (Å²) in [6.07, 6.45) is 9.41. The molecule has 0 aromatic heterocycles. The highest BCUT2D eigenvalue weighted by Gasteiger charge is 1.98. The van der Waals surface area contributed by atoms with Crippen LogP contribution in [0.4, 0.5) is 0 Å². The lowest BCUT2D eigenvalue weighted by atomic mass is 10.3. The minimum Gasteiger partial charge on any atom is -0.494 e. The van der Waals surface area contributed by atoms with Gasteiger partial charge in [0.1, 0.15) is 5.76 Å². The van der Waals surface area contributed by atoms with Gasteiger partial charge in [-0.05, 0) is 19.3 Å². The van der Waals surface area contributed by atoms with Crippen molar-refractivity contribution in [1.29, 1.82) is 0 Å². The van der Waals surface area contributed by atoms with Gasteiger partial charge in [-0.3, -0.25) is 0 Å². The summed E-state index contributed by atoms with van der Waals surface area (Å²) in [5, 5.41) is 0. The van der Waals surface area contributed by atoms with Gasteiger partial charge in [0, 0.05) is 6.42 Å². The quantitative estimate of drug-likeness (QED) is 0.402. The van der Waals surface area contributed by atoms with E-state index in [0.717, 1.165) is 57.5 Å². The standard InChI is InChI=1S/C13H25O2/c1-4-7-10-14-12-13(9-6-3)15-11-8-5-2/h4-11H2,1-3H3. The first-order valence-corrected chi connectivity index (χ1v) is 6.21. The predicted octanol–water partition coefficient (Wildman–Crippen LogP) is 4.06. The van der Waals surface area contributed by atoms with E-state index >= 15 is 0 Å². The summed E-state index contributed by atoms with van der Waals surface area (Å²) in [5.41, 5.74) is 0. The lowest BCUT2D eigenvalue weighted by molar-refractivity contribution is 0.152. The number of allylic oxidation sites excluding steroid dienone is 1. The molecule has 0 aliphatic heterocycles. The highest BCUT2D eigenvalue weighted by molar-refractivity contribution is 4.81. The lowest BCUT2D eigenvalue weighted by Crippen LogP contribution is -1.97. The molecular formula is C13H25O2. The maximum atomic E-state index is 5.58. The first kappa shape index (κ1) is 14.3. The molecule has 0 aromatic rings. The Morgan fingerprint density at radius 2 is 1.60 bits per heavy atom. The summed E-state index contributed by atoms with van der Waals surface area (Å²) in [5.74, 6) is 0.877. The van der Waals surface area contributed by atoms with Crippen LogP contribution in [0.25, 0.3) is 0 Å². The largest absolute Gasteiger partial charge is 0.494 e. The third-order valence-corrected chi connectivity index (χ3v) is 2.04. The number of hydrogen-bond donors (Lipinski definition) is 0. The van der Waals surface area contributed by atoms with Crippen molar-refractivity contribution in [2.75, 3.05) is 13.2 Å². The van der Waals surface area contributed by atoms with Crippen molar-refractivity contribution in [3.63, 3.8) is 0 Å². The van der Waals surface area contributed by atoms with E-state index in [1.807, 2.05) is 0 Å². The summed E-state index contributed by atoms with van der Waals surface area (Å²) in [7, 11) is 0. The third-order valence-electron chi connectivity index (χ3n) is 2.04. The Balaban J connectivity index is 3.68. The van der Waals surface area contributed by atoms with E-state index in [4.69, 9.17) is 9.47 Å². The van der Waals surface area contributed by atoms with Crippen LogP contribution in [-0.4, -0.2) is 13.2 Å². The van der Waals surface area contributed by atoms with Crippen molar-refractivity contribution in [1.82, 2.24) is 0 Å². The average Bonchev–Trinajstić information content (AvgIpc) is 2.24. The maximum absolute atomic E-state index is 5.58. The van der Waals surface area contributed by atoms with Gasteiger partial charge in [-0.15, -0.1) is 0 Å². The molecule has 0 fully saturated rings. The van der Waals surface area contributed by atoms with Gasteiger partial charge >= 0.3 is 0 Å². The van der Waals surface area contributed by atoms with Gasteiger partial charge in [0.15, 0.2) is 0 Å². The van der Waals surface area contributed by atoms with Crippen LogP contribution < -0.4 is 0 Å². The highest BCUT2D eigenvalue weighted by atomic mass is 16.5. The Hall–Kier alpha value is -0.660. The van der Waals surface area contributed by atoms with Gasteiger partial charge in [0.25, 0.3) is 0 Å². The molecule has 0 aliphatic rings. The molecule has 2 heteroatoms. The zero-order valence-corrected chi connectivity index (χ0v) is 10.5. The molecule has 0 saturated heterocycles. The zero-order valence-electron chi connectivity index (χ0n) is 10.5. The van der Waals surface area contributed by atoms with Crippen LogP contribution in [-0.2, 0) is 9.47 Å². The molecule has 0 spiro atoms. The summed E-state index contributed by atoms with van der Waals surface area (Å²) in [6.45, 7) is 7.99. The molecule has 0 N–H and O–H groups in total. The Labute approximate surface area is 94.7 Å². The molecule has 2 nitrogen and oxygen atoms in total. The average molecular weight is 213 g/mol. The SMILES string of the molecule is CCCCO/[C]=C(\CCC)OCCCC. The maximum Gasteiger partial charge on any atom is 0.202 e. The Bertz CT molecular complexity index is 153. The predicted molar refractivity (Wildman–Crippen MR) is 63.4 cm³/mol. The summed E-state index contributed by atoms with van der Waals surface area (Å²) < 4.78 is 10.9. The van der Waals surface area contributed by atoms with Crippen LogP contribution in [0.1, 0.15) is 59.3 Å². The fraction of sp³-hybridized carbons (Fsp3) is 0.846. The van der Waals surface area contributed by atoms with Crippen molar-refractivity contribution >= 4 is 0 Å². The van der Waals surface area contributed by atoms with E-state index in [1.165, 1.54) is 0 Å². The Morgan fingerprint density at radius 1 is 0.933 bits per heavy atom. The molecule has 0 saturated carbocycles. The zero-order chi connectivity index (χ0) is 11.4. The second kappa shape index (κ2) is 11.4. The topological polar surface area (TPSA) is 18.5 Å². The first-order valence-electron chi connectivity index (χ1n) is 6.21. The van der Waals surface area contributed by atoms with Crippen LogP contribution in [0.3, 0.4) is 0 Å². The fourth-order valence-corrected chi connectivity index (χ4v) is 1.07. The van der Waals surface area contributed by atoms with Crippen LogP contribution in [0.15, 0.2) is 5.76 Å². The Kier molecular flexibility index (Phi) is 10.9. The fourth-order valence-electron chi connectivity index (χ4n) is 1.07. The molecule has 0 aliphatic carbocycles. The second-order valence-corrected chi connectivity index (χ2v) is 3.68. The normalized spacial score (nSPS) is 11.5. The van der Waals surface area contributed by atoms with E-state index in [2.05, 4.69) is 27.0 Å². The van der Waals surface area contributed by atoms with Gasteiger partial charge in [-0.25, -0.2) is 0 Å². The minimum absolute atomic E-state index is 0.751. The van der Waals surface area contributed by atoms with Crippen LogP contribution >= 0.6 is 0 Å². The monoisotopic (exact) mass is 213 g/mol. The number of ether oxygens (including phenoxy) is 2. The van der Waals surface area contributed by atoms with Gasteiger partial charge in [-0.2, -0.15) is 0 Å². The molecule has 0 rings (SSSR count). The van der Waals surface area contributed by atoms with E-state index in [1.54, 1.807) is 0 Å². The van der Waals surface area contributed by atoms with E-state index in [-0.39, 0.29) is 0 Å². The molecule has 0 heterocycles. The Morgan fingerprint density at radius 3 is 2.20 bits per heavy atom. The van der Waals surface area contributed by atoms with Gasteiger partial charge in [-0.1, -0.05) is 33.6 Å². The van der Waals surface area contributed by atoms with Crippen molar-refractivity contribution in [2.24, 2.45) is 0 Å². The van der Waals surface area contributed by atoms with E-state index in [9.17, 15) is 0 Å². The van der Waals surface area contributed by atoms with Gasteiger partial charge < -0.3 is 9.47 Å². The molecule has 0 atom stereocenters. The van der Waals surface area contributed by atoms with Crippen LogP contribution in [0.5, 0.6) is 0 Å². The summed E-state index contributed by atoms with van der Waals surface area (Å²) >= 11 is 0. The molecule has 0 aromatic carbocycles. The smallest absolute Gasteiger partial charge is 0.202 e. The number of rotatable bonds is 10. The van der Waals surface area contributed by atoms with Crippen molar-refractivity contribution < 1.29 is 9.47 Å². The molecule has 1 radical (unpaired) electrons. The second-order valence-electron chi connectivity index (χ2n) is 3.68. The van der Waals surface area contributed by atoms with Crippen LogP contribution in [0, 0.1) is 6.26 Å². The number of hydrogen-bond acceptors (Lipinski definition) is 2. The van der Waals surface area contributed by atoms with Crippen LogP contribution in [0.2, 0.25) is 0 Å². The molecular weight excluding hydrogens is 188 g/mol. The van der Waals surface area contributed by atoms with E-state index < -0.39 is 0 Å². The van der Waals surface area contributed by atoms with Crippen molar-refractivity contribution in [2.45, 2.75) is 59.3 Å². The van der Waals surface area contributed by atoms with Crippen molar-refractivity contribution in [3.05, 3.63) is 12.0 Å². The highest BCUT2D eigenvalue weighted by Crippen LogP contribution is 2.07. The molecule has 0 amide bonds. The molecule has 0 unspecified atom stereocenters. The molecule has 89 valence electrons. The molecule has 15 heavy (non-hydrogen) atoms. The summed E-state index contributed by atoms with van der Waals surface area (Å²) in [6, 6.07) is 0. The third kappa shape index (κ3) is 9.64. The van der Waals surface area contributed by atoms with Crippen molar-refractivity contribution in [3.8, 4) is 0 Å². The summed E-state index contributed by atoms with van der Waals surface area (Å²) in [4.78, 5) is 0. The van der Waals surface area contributed by atoms with E-state index in [0.29, 0.717) is 0 Å². The minimum atomic E-state index is 0.751. The van der Waals surface area contributed by atoms with Gasteiger partial charge in [0.05, 0.1) is 13.2 Å². The number of unbranched alkanes of at least 4 members (excludes halogenated alkanes) is 2. The first-order chi connectivity index (χ1) is 7.35. The van der Waals surface area contributed by atoms with Gasteiger partial charge in [0.2, 0.25) is 6.26 Å².